The lowest BCUT2D eigenvalue weighted by Crippen LogP contribution is -2.37. The van der Waals surface area contributed by atoms with Gasteiger partial charge in [0.25, 0.3) is 15.7 Å². The molecule has 1 fully saturated rings. The molecule has 10 nitrogen and oxygen atoms in total. The average Bonchev–Trinajstić information content (AvgIpc) is 2.89. The first-order valence-electron chi connectivity index (χ1n) is 10.7. The molecule has 0 aromatic heterocycles. The van der Waals surface area contributed by atoms with Gasteiger partial charge in [0, 0.05) is 32.3 Å². The number of rotatable bonds is 7. The third-order valence-electron chi connectivity index (χ3n) is 5.58. The standard InChI is InChI=1S/C24H23N3O7S/c1-25(35(31,32)21-5-3-2-4-6-21)18-7-10-20(11-8-18)34-24(28)22-17-19(27(29)30)9-12-23(22)26-13-15-33-16-14-26/h2-12,17H,13-16H2,1H3. The number of nitrogens with zero attached hydrogens (tertiary/aromatic N) is 3. The van der Waals surface area contributed by atoms with E-state index in [1.807, 2.05) is 4.90 Å². The Hall–Kier alpha value is -3.96. The Kier molecular flexibility index (Phi) is 6.99. The van der Waals surface area contributed by atoms with Crippen LogP contribution < -0.4 is 13.9 Å². The van der Waals surface area contributed by atoms with Gasteiger partial charge in [-0.2, -0.15) is 0 Å². The number of anilines is 2. The zero-order chi connectivity index (χ0) is 25.0. The number of hydrogen-bond donors (Lipinski definition) is 0. The maximum Gasteiger partial charge on any atom is 0.345 e. The summed E-state index contributed by atoms with van der Waals surface area (Å²) >= 11 is 0. The fraction of sp³-hybridized carbons (Fsp3) is 0.208. The van der Waals surface area contributed by atoms with Gasteiger partial charge < -0.3 is 14.4 Å². The van der Waals surface area contributed by atoms with Gasteiger partial charge in [0.05, 0.1) is 40.0 Å². The molecule has 1 aliphatic heterocycles. The van der Waals surface area contributed by atoms with Crippen molar-refractivity contribution in [3.8, 4) is 5.75 Å². The van der Waals surface area contributed by atoms with Crippen molar-refractivity contribution in [3.05, 3.63) is 88.5 Å². The van der Waals surface area contributed by atoms with Gasteiger partial charge >= 0.3 is 5.97 Å². The number of carbonyl (C=O) groups excluding carboxylic acids is 1. The maximum atomic E-state index is 13.0. The smallest absolute Gasteiger partial charge is 0.345 e. The van der Waals surface area contributed by atoms with Crippen molar-refractivity contribution in [2.24, 2.45) is 0 Å². The Morgan fingerprint density at radius 1 is 1.03 bits per heavy atom. The van der Waals surface area contributed by atoms with E-state index in [4.69, 9.17) is 9.47 Å². The van der Waals surface area contributed by atoms with Crippen molar-refractivity contribution >= 4 is 33.1 Å². The van der Waals surface area contributed by atoms with Crippen molar-refractivity contribution in [2.45, 2.75) is 4.90 Å². The Bertz CT molecular complexity index is 1320. The number of esters is 1. The molecule has 0 atom stereocenters. The molecule has 0 saturated carbocycles. The van der Waals surface area contributed by atoms with E-state index < -0.39 is 20.9 Å². The van der Waals surface area contributed by atoms with Crippen LogP contribution in [0.5, 0.6) is 5.75 Å². The first-order chi connectivity index (χ1) is 16.8. The van der Waals surface area contributed by atoms with E-state index in [0.29, 0.717) is 37.7 Å². The molecular formula is C24H23N3O7S. The third-order valence-corrected chi connectivity index (χ3v) is 7.37. The minimum Gasteiger partial charge on any atom is -0.423 e. The van der Waals surface area contributed by atoms with Crippen LogP contribution in [0.1, 0.15) is 10.4 Å². The van der Waals surface area contributed by atoms with Gasteiger partial charge in [-0.25, -0.2) is 13.2 Å². The van der Waals surface area contributed by atoms with Crippen molar-refractivity contribution in [3.63, 3.8) is 0 Å². The highest BCUT2D eigenvalue weighted by Gasteiger charge is 2.24. The number of nitro groups is 1. The molecular weight excluding hydrogens is 474 g/mol. The second-order valence-corrected chi connectivity index (χ2v) is 9.70. The lowest BCUT2D eigenvalue weighted by Gasteiger charge is -2.30. The van der Waals surface area contributed by atoms with Crippen LogP contribution in [0.25, 0.3) is 0 Å². The topological polar surface area (TPSA) is 119 Å². The number of sulfonamides is 1. The Morgan fingerprint density at radius 2 is 1.69 bits per heavy atom. The number of benzene rings is 3. The largest absolute Gasteiger partial charge is 0.423 e. The fourth-order valence-electron chi connectivity index (χ4n) is 3.66. The van der Waals surface area contributed by atoms with Gasteiger partial charge in [-0.15, -0.1) is 0 Å². The van der Waals surface area contributed by atoms with E-state index in [9.17, 15) is 23.3 Å². The van der Waals surface area contributed by atoms with Gasteiger partial charge in [0.15, 0.2) is 0 Å². The monoisotopic (exact) mass is 497 g/mol. The van der Waals surface area contributed by atoms with Crippen LogP contribution in [0.4, 0.5) is 17.1 Å². The molecule has 182 valence electrons. The summed E-state index contributed by atoms with van der Waals surface area (Å²) in [5.41, 5.74) is 0.734. The lowest BCUT2D eigenvalue weighted by molar-refractivity contribution is -0.384. The average molecular weight is 498 g/mol. The molecule has 11 heteroatoms. The van der Waals surface area contributed by atoms with Crippen molar-refractivity contribution < 1.29 is 27.6 Å². The van der Waals surface area contributed by atoms with Gasteiger partial charge in [-0.1, -0.05) is 18.2 Å². The second kappa shape index (κ2) is 10.1. The second-order valence-electron chi connectivity index (χ2n) is 7.73. The van der Waals surface area contributed by atoms with Crippen LogP contribution in [-0.2, 0) is 14.8 Å². The molecule has 1 saturated heterocycles. The predicted octanol–water partition coefficient (Wildman–Crippen LogP) is 3.48. The van der Waals surface area contributed by atoms with Gasteiger partial charge in [-0.05, 0) is 42.5 Å². The number of ether oxygens (including phenoxy) is 2. The molecule has 0 N–H and O–H groups in total. The molecule has 0 aliphatic carbocycles. The summed E-state index contributed by atoms with van der Waals surface area (Å²) in [6.45, 7) is 2.03. The number of non-ortho nitro benzene ring substituents is 1. The summed E-state index contributed by atoms with van der Waals surface area (Å²) in [5.74, 6) is -0.586. The molecule has 4 rings (SSSR count). The van der Waals surface area contributed by atoms with Gasteiger partial charge in [0.1, 0.15) is 5.75 Å². The Morgan fingerprint density at radius 3 is 2.31 bits per heavy atom. The van der Waals surface area contributed by atoms with Gasteiger partial charge in [0.2, 0.25) is 0 Å². The highest BCUT2D eigenvalue weighted by atomic mass is 32.2. The van der Waals surface area contributed by atoms with E-state index in [1.54, 1.807) is 18.2 Å². The van der Waals surface area contributed by atoms with Crippen molar-refractivity contribution in [2.75, 3.05) is 42.6 Å². The van der Waals surface area contributed by atoms with Crippen molar-refractivity contribution in [1.29, 1.82) is 0 Å². The molecule has 3 aromatic carbocycles. The molecule has 1 heterocycles. The molecule has 0 bridgehead atoms. The van der Waals surface area contributed by atoms with Crippen LogP contribution >= 0.6 is 0 Å². The third kappa shape index (κ3) is 5.26. The summed E-state index contributed by atoms with van der Waals surface area (Å²) in [4.78, 5) is 25.8. The van der Waals surface area contributed by atoms with E-state index in [-0.39, 0.29) is 21.9 Å². The highest BCUT2D eigenvalue weighted by Crippen LogP contribution is 2.29. The molecule has 0 spiro atoms. The first-order valence-corrected chi connectivity index (χ1v) is 12.2. The molecule has 0 unspecified atom stereocenters. The SMILES string of the molecule is CN(c1ccc(OC(=O)c2cc([N+](=O)[O-])ccc2N2CCOCC2)cc1)S(=O)(=O)c1ccccc1. The van der Waals surface area contributed by atoms with Crippen LogP contribution in [-0.4, -0.2) is 52.7 Å². The number of nitro benzene ring substituents is 1. The summed E-state index contributed by atoms with van der Waals surface area (Å²) in [6.07, 6.45) is 0. The molecule has 3 aromatic rings. The van der Waals surface area contributed by atoms with E-state index in [2.05, 4.69) is 0 Å². The Balaban J connectivity index is 1.55. The summed E-state index contributed by atoms with van der Waals surface area (Å²) in [7, 11) is -2.32. The van der Waals surface area contributed by atoms with E-state index >= 15 is 0 Å². The fourth-order valence-corrected chi connectivity index (χ4v) is 4.87. The molecule has 0 radical (unpaired) electrons. The summed E-state index contributed by atoms with van der Waals surface area (Å²) < 4.78 is 37.6. The van der Waals surface area contributed by atoms with Gasteiger partial charge in [-0.3, -0.25) is 14.4 Å². The summed E-state index contributed by atoms with van der Waals surface area (Å²) in [6, 6.07) is 18.1. The Labute approximate surface area is 202 Å². The van der Waals surface area contributed by atoms with Crippen LogP contribution in [0, 0.1) is 10.1 Å². The normalized spacial score (nSPS) is 13.8. The quantitative estimate of drug-likeness (QED) is 0.211. The summed E-state index contributed by atoms with van der Waals surface area (Å²) in [5, 5.41) is 11.3. The van der Waals surface area contributed by atoms with Crippen molar-refractivity contribution in [1.82, 2.24) is 0 Å². The maximum absolute atomic E-state index is 13.0. The van der Waals surface area contributed by atoms with Crippen LogP contribution in [0.2, 0.25) is 0 Å². The minimum atomic E-state index is -3.76. The minimum absolute atomic E-state index is 0.0638. The zero-order valence-corrected chi connectivity index (χ0v) is 19.7. The molecule has 1 aliphatic rings. The highest BCUT2D eigenvalue weighted by molar-refractivity contribution is 7.92. The number of hydrogen-bond acceptors (Lipinski definition) is 8. The molecule has 35 heavy (non-hydrogen) atoms. The van der Waals surface area contributed by atoms with Crippen LogP contribution in [0.3, 0.4) is 0 Å². The van der Waals surface area contributed by atoms with E-state index in [0.717, 1.165) is 4.31 Å². The zero-order valence-electron chi connectivity index (χ0n) is 18.9. The number of carbonyl (C=O) groups is 1. The van der Waals surface area contributed by atoms with Crippen LogP contribution in [0.15, 0.2) is 77.7 Å². The number of morpholine rings is 1. The van der Waals surface area contributed by atoms with E-state index in [1.165, 1.54) is 61.6 Å². The lowest BCUT2D eigenvalue weighted by atomic mass is 10.1. The first kappa shape index (κ1) is 24.2. The molecule has 0 amide bonds. The predicted molar refractivity (Wildman–Crippen MR) is 130 cm³/mol.